The number of carbonyl (C=O) groups is 2. The lowest BCUT2D eigenvalue weighted by Gasteiger charge is -2.54. The molecular formula is C35H27Br2Cl2NO4. The Kier molecular flexibility index (Phi) is 9.69. The van der Waals surface area contributed by atoms with E-state index < -0.39 is 40.5 Å². The Hall–Kier alpha value is -2.99. The van der Waals surface area contributed by atoms with Gasteiger partial charge in [0.15, 0.2) is 11.2 Å². The quantitative estimate of drug-likeness (QED) is 0.150. The van der Waals surface area contributed by atoms with Gasteiger partial charge in [-0.05, 0) is 90.7 Å². The second-order valence-electron chi connectivity index (χ2n) is 10.8. The monoisotopic (exact) mass is 753 g/mol. The molecule has 0 amide bonds. The van der Waals surface area contributed by atoms with E-state index in [0.717, 1.165) is 4.47 Å². The van der Waals surface area contributed by atoms with Crippen molar-refractivity contribution in [2.45, 2.75) is 30.8 Å². The van der Waals surface area contributed by atoms with Gasteiger partial charge in [0.2, 0.25) is 0 Å². The van der Waals surface area contributed by atoms with Gasteiger partial charge >= 0.3 is 5.97 Å². The topological polar surface area (TPSA) is 87.4 Å². The van der Waals surface area contributed by atoms with Crippen LogP contribution in [0, 0.1) is 22.7 Å². The third kappa shape index (κ3) is 5.87. The molecule has 44 heavy (non-hydrogen) atoms. The van der Waals surface area contributed by atoms with Gasteiger partial charge in [-0.2, -0.15) is 5.26 Å². The zero-order valence-corrected chi connectivity index (χ0v) is 28.2. The van der Waals surface area contributed by atoms with E-state index in [4.69, 9.17) is 27.9 Å². The number of hydrogen-bond acceptors (Lipinski definition) is 5. The molecule has 0 heterocycles. The molecule has 4 aromatic rings. The van der Waals surface area contributed by atoms with E-state index in [0.29, 0.717) is 31.2 Å². The molecule has 0 spiro atoms. The Balaban J connectivity index is 1.91. The van der Waals surface area contributed by atoms with Crippen molar-refractivity contribution in [1.82, 2.24) is 0 Å². The van der Waals surface area contributed by atoms with Crippen LogP contribution < -0.4 is 0 Å². The van der Waals surface area contributed by atoms with Gasteiger partial charge in [0.25, 0.3) is 0 Å². The number of nitriles is 1. The van der Waals surface area contributed by atoms with E-state index in [2.05, 4.69) is 37.9 Å². The van der Waals surface area contributed by atoms with Crippen LogP contribution in [-0.4, -0.2) is 23.5 Å². The average molecular weight is 756 g/mol. The van der Waals surface area contributed by atoms with Gasteiger partial charge in [-0.15, -0.1) is 0 Å². The molecule has 1 aliphatic carbocycles. The number of halogens is 4. The number of benzene rings is 4. The Bertz CT molecular complexity index is 1740. The first-order chi connectivity index (χ1) is 21.0. The zero-order valence-electron chi connectivity index (χ0n) is 23.5. The van der Waals surface area contributed by atoms with E-state index in [9.17, 15) is 20.0 Å². The molecule has 1 N–H and O–H groups in total. The average Bonchev–Trinajstić information content (AvgIpc) is 3.01. The summed E-state index contributed by atoms with van der Waals surface area (Å²) in [6.07, 6.45) is -0.133. The van der Waals surface area contributed by atoms with Gasteiger partial charge in [-0.3, -0.25) is 9.59 Å². The second-order valence-corrected chi connectivity index (χ2v) is 13.5. The highest BCUT2D eigenvalue weighted by atomic mass is 79.9. The standard InChI is InChI=1S/C35H27Br2Cl2NO4/c1-2-44-33(42)34(20-40)29(22-5-3-7-25(36)17-22)19-35(43,24-11-15-28(39)16-12-24)31(30(34)23-6-4-8-26(37)18-23)32(41)21-9-13-27(38)14-10-21/h3-18,29-31,43H,2,19H2,1H3/t29-,30+,31-,34+,35-/m0/s1. The van der Waals surface area contributed by atoms with Gasteiger partial charge in [0, 0.05) is 36.4 Å². The maximum Gasteiger partial charge on any atom is 0.327 e. The van der Waals surface area contributed by atoms with Crippen molar-refractivity contribution in [1.29, 1.82) is 5.26 Å². The fraction of sp³-hybridized carbons (Fsp3) is 0.229. The number of aliphatic hydroxyl groups is 1. The molecular weight excluding hydrogens is 729 g/mol. The summed E-state index contributed by atoms with van der Waals surface area (Å²) in [6, 6.07) is 29.9. The van der Waals surface area contributed by atoms with Gasteiger partial charge in [0.05, 0.1) is 18.6 Å². The molecule has 1 saturated carbocycles. The first-order valence-electron chi connectivity index (χ1n) is 13.9. The summed E-state index contributed by atoms with van der Waals surface area (Å²) in [5.41, 5.74) is -1.89. The first kappa shape index (κ1) is 32.4. The summed E-state index contributed by atoms with van der Waals surface area (Å²) in [5.74, 6) is -4.54. The van der Waals surface area contributed by atoms with Gasteiger partial charge in [-0.25, -0.2) is 0 Å². The van der Waals surface area contributed by atoms with Crippen molar-refractivity contribution in [2.24, 2.45) is 11.3 Å². The molecule has 4 aromatic carbocycles. The lowest BCUT2D eigenvalue weighted by atomic mass is 9.47. The van der Waals surface area contributed by atoms with Crippen LogP contribution in [0.15, 0.2) is 106 Å². The minimum Gasteiger partial charge on any atom is -0.465 e. The Labute approximate surface area is 283 Å². The molecule has 9 heteroatoms. The number of ketones is 1. The second kappa shape index (κ2) is 13.2. The predicted molar refractivity (Wildman–Crippen MR) is 178 cm³/mol. The predicted octanol–water partition coefficient (Wildman–Crippen LogP) is 9.25. The highest BCUT2D eigenvalue weighted by molar-refractivity contribution is 9.10. The van der Waals surface area contributed by atoms with E-state index in [1.807, 2.05) is 30.3 Å². The smallest absolute Gasteiger partial charge is 0.327 e. The molecule has 224 valence electrons. The Morgan fingerprint density at radius 2 is 1.45 bits per heavy atom. The number of hydrogen-bond donors (Lipinski definition) is 1. The summed E-state index contributed by atoms with van der Waals surface area (Å²) in [5, 5.41) is 25.2. The number of ether oxygens (including phenoxy) is 1. The number of nitrogens with zero attached hydrogens (tertiary/aromatic N) is 1. The number of Topliss-reactive ketones (excluding diaryl/α,β-unsaturated/α-hetero) is 1. The van der Waals surface area contributed by atoms with Crippen LogP contribution in [-0.2, 0) is 15.1 Å². The molecule has 1 fully saturated rings. The van der Waals surface area contributed by atoms with Crippen molar-refractivity contribution in [2.75, 3.05) is 6.61 Å². The van der Waals surface area contributed by atoms with Crippen LogP contribution >= 0.6 is 55.1 Å². The number of esters is 1. The van der Waals surface area contributed by atoms with E-state index in [1.165, 1.54) is 0 Å². The van der Waals surface area contributed by atoms with Crippen molar-refractivity contribution >= 4 is 66.8 Å². The summed E-state index contributed by atoms with van der Waals surface area (Å²) < 4.78 is 7.08. The molecule has 0 radical (unpaired) electrons. The van der Waals surface area contributed by atoms with Crippen LogP contribution in [0.25, 0.3) is 0 Å². The first-order valence-corrected chi connectivity index (χ1v) is 16.3. The van der Waals surface area contributed by atoms with Crippen LogP contribution in [0.2, 0.25) is 10.0 Å². The van der Waals surface area contributed by atoms with Gasteiger partial charge in [0.1, 0.15) is 5.60 Å². The van der Waals surface area contributed by atoms with E-state index >= 15 is 0 Å². The zero-order chi connectivity index (χ0) is 31.6. The van der Waals surface area contributed by atoms with Crippen LogP contribution in [0.5, 0.6) is 0 Å². The van der Waals surface area contributed by atoms with E-state index in [-0.39, 0.29) is 18.6 Å². The summed E-state index contributed by atoms with van der Waals surface area (Å²) in [6.45, 7) is 1.70. The van der Waals surface area contributed by atoms with Crippen LogP contribution in [0.1, 0.15) is 52.2 Å². The van der Waals surface area contributed by atoms with Crippen LogP contribution in [0.4, 0.5) is 0 Å². The van der Waals surface area contributed by atoms with Crippen molar-refractivity contribution in [3.05, 3.63) is 138 Å². The largest absolute Gasteiger partial charge is 0.465 e. The fourth-order valence-electron chi connectivity index (χ4n) is 6.52. The molecule has 5 rings (SSSR count). The fourth-order valence-corrected chi connectivity index (χ4v) is 7.61. The lowest BCUT2D eigenvalue weighted by Crippen LogP contribution is -2.59. The third-order valence-electron chi connectivity index (χ3n) is 8.42. The summed E-state index contributed by atoms with van der Waals surface area (Å²) in [7, 11) is 0. The van der Waals surface area contributed by atoms with Crippen LogP contribution in [0.3, 0.4) is 0 Å². The normalized spacial score (nSPS) is 24.7. The minimum atomic E-state index is -1.91. The molecule has 0 unspecified atom stereocenters. The SMILES string of the molecule is CCOC(=O)[C@@]1(C#N)[C@H](c2cccc(Br)c2)[C@@H](C(=O)c2ccc(Cl)cc2)[C@@](O)(c2ccc(Cl)cc2)C[C@H]1c1cccc(Br)c1. The molecule has 5 nitrogen and oxygen atoms in total. The minimum absolute atomic E-state index is 0.0237. The number of rotatable bonds is 7. The maximum atomic E-state index is 14.8. The van der Waals surface area contributed by atoms with Crippen molar-refractivity contribution in [3.63, 3.8) is 0 Å². The highest BCUT2D eigenvalue weighted by Crippen LogP contribution is 2.64. The lowest BCUT2D eigenvalue weighted by molar-refractivity contribution is -0.164. The molecule has 0 saturated heterocycles. The Morgan fingerprint density at radius 3 is 2.00 bits per heavy atom. The molecule has 0 aromatic heterocycles. The molecule has 1 aliphatic rings. The van der Waals surface area contributed by atoms with E-state index in [1.54, 1.807) is 73.7 Å². The van der Waals surface area contributed by atoms with Gasteiger partial charge < -0.3 is 9.84 Å². The number of carbonyl (C=O) groups excluding carboxylic acids is 2. The van der Waals surface area contributed by atoms with Crippen molar-refractivity contribution in [3.8, 4) is 6.07 Å². The molecule has 0 bridgehead atoms. The maximum absolute atomic E-state index is 14.8. The molecule has 0 aliphatic heterocycles. The summed E-state index contributed by atoms with van der Waals surface area (Å²) in [4.78, 5) is 29.1. The highest BCUT2D eigenvalue weighted by Gasteiger charge is 2.67. The third-order valence-corrected chi connectivity index (χ3v) is 9.91. The van der Waals surface area contributed by atoms with Gasteiger partial charge in [-0.1, -0.05) is 91.5 Å². The molecule has 5 atom stereocenters. The Morgan fingerprint density at radius 1 is 0.909 bits per heavy atom. The van der Waals surface area contributed by atoms with Crippen molar-refractivity contribution < 1.29 is 19.4 Å². The summed E-state index contributed by atoms with van der Waals surface area (Å²) >= 11 is 19.5.